The van der Waals surface area contributed by atoms with Gasteiger partial charge in [0.15, 0.2) is 5.69 Å². The van der Waals surface area contributed by atoms with Crippen molar-refractivity contribution in [3.8, 4) is 5.69 Å². The van der Waals surface area contributed by atoms with Crippen LogP contribution in [0.5, 0.6) is 0 Å². The monoisotopic (exact) mass is 446 g/mol. The van der Waals surface area contributed by atoms with Crippen LogP contribution in [0.25, 0.3) is 5.69 Å². The van der Waals surface area contributed by atoms with Crippen molar-refractivity contribution in [2.75, 3.05) is 11.9 Å². The van der Waals surface area contributed by atoms with E-state index in [2.05, 4.69) is 15.6 Å². The molecule has 30 heavy (non-hydrogen) atoms. The van der Waals surface area contributed by atoms with Crippen molar-refractivity contribution < 1.29 is 14.3 Å². The number of aromatic nitrogens is 3. The fourth-order valence-electron chi connectivity index (χ4n) is 3.07. The number of esters is 1. The maximum Gasteiger partial charge on any atom is 0.341 e. The molecule has 1 aromatic carbocycles. The summed E-state index contributed by atoms with van der Waals surface area (Å²) in [5, 5.41) is 12.2. The zero-order valence-corrected chi connectivity index (χ0v) is 19.0. The third-order valence-electron chi connectivity index (χ3n) is 4.63. The molecule has 1 N–H and O–H groups in total. The molecule has 9 heteroatoms. The van der Waals surface area contributed by atoms with E-state index in [4.69, 9.17) is 16.3 Å². The number of carbonyl (C=O) groups is 2. The first-order valence-corrected chi connectivity index (χ1v) is 10.7. The molecule has 0 radical (unpaired) electrons. The third kappa shape index (κ3) is 4.24. The van der Waals surface area contributed by atoms with E-state index in [-0.39, 0.29) is 18.2 Å². The number of aryl methyl sites for hydroxylation is 1. The van der Waals surface area contributed by atoms with Crippen LogP contribution in [-0.2, 0) is 4.74 Å². The van der Waals surface area contributed by atoms with Crippen LogP contribution in [0, 0.1) is 13.8 Å². The van der Waals surface area contributed by atoms with Gasteiger partial charge in [-0.15, -0.1) is 16.4 Å². The molecule has 0 saturated carbocycles. The first kappa shape index (κ1) is 22.0. The Kier molecular flexibility index (Phi) is 6.58. The van der Waals surface area contributed by atoms with Gasteiger partial charge >= 0.3 is 5.97 Å². The second kappa shape index (κ2) is 8.97. The van der Waals surface area contributed by atoms with Gasteiger partial charge in [-0.1, -0.05) is 30.7 Å². The van der Waals surface area contributed by atoms with Crippen molar-refractivity contribution in [3.05, 3.63) is 56.7 Å². The van der Waals surface area contributed by atoms with Crippen LogP contribution in [0.4, 0.5) is 5.00 Å². The van der Waals surface area contributed by atoms with Crippen LogP contribution in [0.3, 0.4) is 0 Å². The summed E-state index contributed by atoms with van der Waals surface area (Å²) >= 11 is 7.31. The maximum absolute atomic E-state index is 13.1. The van der Waals surface area contributed by atoms with Crippen molar-refractivity contribution >= 4 is 39.8 Å². The number of hydrogen-bond donors (Lipinski definition) is 1. The Morgan fingerprint density at radius 2 is 1.90 bits per heavy atom. The molecule has 0 aliphatic heterocycles. The number of nitrogens with one attached hydrogen (secondary N) is 1. The van der Waals surface area contributed by atoms with Gasteiger partial charge in [-0.2, -0.15) is 0 Å². The molecule has 0 bridgehead atoms. The second-order valence-corrected chi connectivity index (χ2v) is 8.69. The van der Waals surface area contributed by atoms with Crippen molar-refractivity contribution in [2.24, 2.45) is 0 Å². The van der Waals surface area contributed by atoms with E-state index in [1.807, 2.05) is 39.8 Å². The number of hydrogen-bond acceptors (Lipinski definition) is 6. The molecule has 0 fully saturated rings. The lowest BCUT2D eigenvalue weighted by molar-refractivity contribution is 0.0527. The van der Waals surface area contributed by atoms with E-state index in [9.17, 15) is 9.59 Å². The number of thiophene rings is 1. The third-order valence-corrected chi connectivity index (χ3v) is 6.00. The van der Waals surface area contributed by atoms with Crippen molar-refractivity contribution in [1.29, 1.82) is 0 Å². The molecule has 158 valence electrons. The topological polar surface area (TPSA) is 86.1 Å². The molecule has 3 rings (SSSR count). The van der Waals surface area contributed by atoms with Crippen LogP contribution in [0.1, 0.15) is 63.7 Å². The normalized spacial score (nSPS) is 11.0. The maximum atomic E-state index is 13.1. The van der Waals surface area contributed by atoms with E-state index in [0.717, 1.165) is 16.1 Å². The smallest absolute Gasteiger partial charge is 0.341 e. The first-order valence-electron chi connectivity index (χ1n) is 9.54. The van der Waals surface area contributed by atoms with E-state index < -0.39 is 11.9 Å². The number of anilines is 1. The average Bonchev–Trinajstić information content (AvgIpc) is 3.24. The predicted octanol–water partition coefficient (Wildman–Crippen LogP) is 5.15. The summed E-state index contributed by atoms with van der Waals surface area (Å²) in [5.41, 5.74) is 2.80. The van der Waals surface area contributed by atoms with Gasteiger partial charge in [0, 0.05) is 9.90 Å². The summed E-state index contributed by atoms with van der Waals surface area (Å²) in [7, 11) is 0. The van der Waals surface area contributed by atoms with E-state index in [0.29, 0.717) is 21.3 Å². The molecule has 0 aliphatic carbocycles. The molecule has 1 amide bonds. The molecule has 2 aromatic heterocycles. The van der Waals surface area contributed by atoms with Crippen LogP contribution in [-0.4, -0.2) is 33.5 Å². The molecule has 0 spiro atoms. The van der Waals surface area contributed by atoms with Crippen LogP contribution in [0.2, 0.25) is 5.02 Å². The summed E-state index contributed by atoms with van der Waals surface area (Å²) < 4.78 is 6.79. The molecule has 2 heterocycles. The highest BCUT2D eigenvalue weighted by Crippen LogP contribution is 2.34. The Hall–Kier alpha value is -2.71. The highest BCUT2D eigenvalue weighted by molar-refractivity contribution is 7.16. The largest absolute Gasteiger partial charge is 0.462 e. The Morgan fingerprint density at radius 3 is 2.50 bits per heavy atom. The van der Waals surface area contributed by atoms with Crippen LogP contribution >= 0.6 is 22.9 Å². The van der Waals surface area contributed by atoms with Crippen LogP contribution < -0.4 is 5.32 Å². The zero-order valence-electron chi connectivity index (χ0n) is 17.4. The molecule has 0 saturated heterocycles. The number of halogens is 1. The van der Waals surface area contributed by atoms with Gasteiger partial charge in [0.05, 0.1) is 23.6 Å². The average molecular weight is 447 g/mol. The SMILES string of the molecule is CCOC(=O)c1c(NC(=O)c2nnn(-c3ccc(Cl)cc3)c2C(C)C)sc(C)c1C. The summed E-state index contributed by atoms with van der Waals surface area (Å²) in [6.45, 7) is 9.66. The number of benzene rings is 1. The van der Waals surface area contributed by atoms with Gasteiger partial charge in [-0.3, -0.25) is 4.79 Å². The Morgan fingerprint density at radius 1 is 1.23 bits per heavy atom. The van der Waals surface area contributed by atoms with Crippen molar-refractivity contribution in [1.82, 2.24) is 15.0 Å². The molecule has 7 nitrogen and oxygen atoms in total. The highest BCUT2D eigenvalue weighted by Gasteiger charge is 2.27. The number of amides is 1. The predicted molar refractivity (Wildman–Crippen MR) is 118 cm³/mol. The highest BCUT2D eigenvalue weighted by atomic mass is 35.5. The summed E-state index contributed by atoms with van der Waals surface area (Å²) in [6.07, 6.45) is 0. The van der Waals surface area contributed by atoms with E-state index >= 15 is 0 Å². The van der Waals surface area contributed by atoms with Crippen molar-refractivity contribution in [2.45, 2.75) is 40.5 Å². The molecule has 0 aliphatic rings. The minimum Gasteiger partial charge on any atom is -0.462 e. The van der Waals surface area contributed by atoms with E-state index in [1.165, 1.54) is 11.3 Å². The minimum atomic E-state index is -0.455. The van der Waals surface area contributed by atoms with E-state index in [1.54, 1.807) is 23.7 Å². The number of nitrogens with zero attached hydrogens (tertiary/aromatic N) is 3. The number of carbonyl (C=O) groups excluding carboxylic acids is 2. The lowest BCUT2D eigenvalue weighted by atomic mass is 10.1. The quantitative estimate of drug-likeness (QED) is 0.529. The molecular formula is C21H23ClN4O3S. The summed E-state index contributed by atoms with van der Waals surface area (Å²) in [5.74, 6) is -0.901. The Balaban J connectivity index is 1.98. The summed E-state index contributed by atoms with van der Waals surface area (Å²) in [6, 6.07) is 7.14. The molecule has 0 unspecified atom stereocenters. The first-order chi connectivity index (χ1) is 14.2. The minimum absolute atomic E-state index is 0.0206. The van der Waals surface area contributed by atoms with Gasteiger partial charge in [0.25, 0.3) is 5.91 Å². The fourth-order valence-corrected chi connectivity index (χ4v) is 4.24. The fraction of sp³-hybridized carbons (Fsp3) is 0.333. The van der Waals surface area contributed by atoms with Crippen molar-refractivity contribution in [3.63, 3.8) is 0 Å². The Labute approximate surface area is 184 Å². The van der Waals surface area contributed by atoms with Gasteiger partial charge in [0.2, 0.25) is 0 Å². The molecule has 0 atom stereocenters. The number of rotatable bonds is 6. The van der Waals surface area contributed by atoms with Gasteiger partial charge in [-0.05, 0) is 56.5 Å². The van der Waals surface area contributed by atoms with Gasteiger partial charge < -0.3 is 10.1 Å². The standard InChI is InChI=1S/C21H23ClN4O3S/c1-6-29-21(28)16-12(4)13(5)30-20(16)23-19(27)17-18(11(2)3)26(25-24-17)15-9-7-14(22)8-10-15/h7-11H,6H2,1-5H3,(H,23,27). The summed E-state index contributed by atoms with van der Waals surface area (Å²) in [4.78, 5) is 26.4. The lowest BCUT2D eigenvalue weighted by Crippen LogP contribution is -2.18. The van der Waals surface area contributed by atoms with Gasteiger partial charge in [-0.25, -0.2) is 9.48 Å². The molecular weight excluding hydrogens is 424 g/mol. The number of ether oxygens (including phenoxy) is 1. The zero-order chi connectivity index (χ0) is 22.0. The van der Waals surface area contributed by atoms with Gasteiger partial charge in [0.1, 0.15) is 5.00 Å². The van der Waals surface area contributed by atoms with Crippen LogP contribution in [0.15, 0.2) is 24.3 Å². The second-order valence-electron chi connectivity index (χ2n) is 7.03. The molecule has 3 aromatic rings. The Bertz CT molecular complexity index is 1090. The lowest BCUT2D eigenvalue weighted by Gasteiger charge is -2.11.